The Labute approximate surface area is 118 Å². The molecule has 0 saturated carbocycles. The van der Waals surface area contributed by atoms with Crippen molar-refractivity contribution >= 4 is 12.1 Å². The maximum atomic E-state index is 11.3. The summed E-state index contributed by atoms with van der Waals surface area (Å²) in [5.74, 6) is -0.0103. The number of hydrogen-bond acceptors (Lipinski definition) is 5. The fourth-order valence-corrected chi connectivity index (χ4v) is 1.29. The summed E-state index contributed by atoms with van der Waals surface area (Å²) in [6.45, 7) is 7.24. The normalized spacial score (nSPS) is 10.5. The maximum absolute atomic E-state index is 11.3. The molecule has 0 N–H and O–H groups in total. The van der Waals surface area contributed by atoms with E-state index in [-0.39, 0.29) is 24.6 Å². The van der Waals surface area contributed by atoms with Gasteiger partial charge < -0.3 is 14.2 Å². The molecule has 0 aliphatic rings. The molecule has 20 heavy (non-hydrogen) atoms. The predicted molar refractivity (Wildman–Crippen MR) is 73.3 cm³/mol. The van der Waals surface area contributed by atoms with Gasteiger partial charge in [0.1, 0.15) is 12.4 Å². The van der Waals surface area contributed by atoms with E-state index in [0.717, 1.165) is 5.56 Å². The fraction of sp³-hybridized carbons (Fsp3) is 0.467. The molecule has 0 saturated heterocycles. The molecule has 0 atom stereocenters. The molecule has 0 heterocycles. The van der Waals surface area contributed by atoms with Gasteiger partial charge in [0, 0.05) is 0 Å². The summed E-state index contributed by atoms with van der Waals surface area (Å²) in [5, 5.41) is 0. The number of carbonyl (C=O) groups is 2. The minimum absolute atomic E-state index is 0.150. The number of benzene rings is 1. The highest BCUT2D eigenvalue weighted by Crippen LogP contribution is 2.14. The van der Waals surface area contributed by atoms with Crippen LogP contribution in [0.1, 0.15) is 33.3 Å². The highest BCUT2D eigenvalue weighted by molar-refractivity contribution is 5.71. The summed E-state index contributed by atoms with van der Waals surface area (Å²) in [6, 6.07) is 6.71. The molecule has 1 rings (SSSR count). The average molecular weight is 280 g/mol. The number of carbonyl (C=O) groups excluding carboxylic acids is 2. The molecule has 0 unspecified atom stereocenters. The van der Waals surface area contributed by atoms with Crippen molar-refractivity contribution in [2.24, 2.45) is 5.92 Å². The molecule has 0 aromatic heterocycles. The average Bonchev–Trinajstić information content (AvgIpc) is 2.36. The standard InChI is InChI=1S/C15H20O5/c1-10(2)14(16)18-9-12-5-7-13(8-6-12)20-15(17)19-11(3)4/h5-8,10-11H,9H2,1-4H3. The van der Waals surface area contributed by atoms with Gasteiger partial charge in [-0.2, -0.15) is 0 Å². The quantitative estimate of drug-likeness (QED) is 0.611. The van der Waals surface area contributed by atoms with Crippen LogP contribution < -0.4 is 4.74 Å². The monoisotopic (exact) mass is 280 g/mol. The summed E-state index contributed by atoms with van der Waals surface area (Å²) in [7, 11) is 0. The van der Waals surface area contributed by atoms with Crippen molar-refractivity contribution in [3.05, 3.63) is 29.8 Å². The molecular weight excluding hydrogens is 260 g/mol. The minimum atomic E-state index is -0.737. The first-order valence-electron chi connectivity index (χ1n) is 6.52. The predicted octanol–water partition coefficient (Wildman–Crippen LogP) is 3.31. The number of hydrogen-bond donors (Lipinski definition) is 0. The Bertz CT molecular complexity index is 448. The lowest BCUT2D eigenvalue weighted by Crippen LogP contribution is -2.15. The van der Waals surface area contributed by atoms with E-state index in [1.807, 2.05) is 0 Å². The van der Waals surface area contributed by atoms with Crippen LogP contribution in [-0.2, 0) is 20.9 Å². The summed E-state index contributed by atoms with van der Waals surface area (Å²) >= 11 is 0. The lowest BCUT2D eigenvalue weighted by Gasteiger charge is -2.09. The molecule has 5 nitrogen and oxygen atoms in total. The van der Waals surface area contributed by atoms with E-state index in [0.29, 0.717) is 5.75 Å². The maximum Gasteiger partial charge on any atom is 0.514 e. The first-order chi connectivity index (χ1) is 9.38. The second-order valence-electron chi connectivity index (χ2n) is 4.93. The van der Waals surface area contributed by atoms with Gasteiger partial charge in [-0.1, -0.05) is 26.0 Å². The lowest BCUT2D eigenvalue weighted by molar-refractivity contribution is -0.148. The van der Waals surface area contributed by atoms with Gasteiger partial charge in [0.2, 0.25) is 0 Å². The highest BCUT2D eigenvalue weighted by Gasteiger charge is 2.10. The van der Waals surface area contributed by atoms with Crippen molar-refractivity contribution in [3.63, 3.8) is 0 Å². The lowest BCUT2D eigenvalue weighted by atomic mass is 10.2. The van der Waals surface area contributed by atoms with Gasteiger partial charge in [-0.25, -0.2) is 4.79 Å². The van der Waals surface area contributed by atoms with Crippen molar-refractivity contribution < 1.29 is 23.8 Å². The van der Waals surface area contributed by atoms with E-state index >= 15 is 0 Å². The van der Waals surface area contributed by atoms with Crippen LogP contribution in [0.3, 0.4) is 0 Å². The molecule has 0 aliphatic carbocycles. The Morgan fingerprint density at radius 3 is 2.15 bits per heavy atom. The summed E-state index contributed by atoms with van der Waals surface area (Å²) in [5.41, 5.74) is 0.823. The van der Waals surface area contributed by atoms with E-state index in [1.54, 1.807) is 52.0 Å². The molecule has 0 spiro atoms. The zero-order valence-corrected chi connectivity index (χ0v) is 12.2. The van der Waals surface area contributed by atoms with Crippen LogP contribution in [0.15, 0.2) is 24.3 Å². The smallest absolute Gasteiger partial charge is 0.461 e. The van der Waals surface area contributed by atoms with E-state index in [2.05, 4.69) is 0 Å². The van der Waals surface area contributed by atoms with Crippen molar-refractivity contribution in [1.29, 1.82) is 0 Å². The summed E-state index contributed by atoms with van der Waals surface area (Å²) < 4.78 is 14.9. The zero-order chi connectivity index (χ0) is 15.1. The largest absolute Gasteiger partial charge is 0.514 e. The summed E-state index contributed by atoms with van der Waals surface area (Å²) in [6.07, 6.45) is -0.962. The molecule has 110 valence electrons. The Kier molecular flexibility index (Phi) is 6.03. The molecule has 0 aliphatic heterocycles. The third kappa shape index (κ3) is 5.73. The molecule has 0 amide bonds. The van der Waals surface area contributed by atoms with Crippen LogP contribution in [0.5, 0.6) is 5.75 Å². The van der Waals surface area contributed by atoms with Crippen molar-refractivity contribution in [2.75, 3.05) is 0 Å². The molecule has 0 bridgehead atoms. The van der Waals surface area contributed by atoms with Crippen LogP contribution >= 0.6 is 0 Å². The fourth-order valence-electron chi connectivity index (χ4n) is 1.29. The zero-order valence-electron chi connectivity index (χ0n) is 12.2. The minimum Gasteiger partial charge on any atom is -0.461 e. The molecule has 0 fully saturated rings. The van der Waals surface area contributed by atoms with Gasteiger partial charge in [0.25, 0.3) is 0 Å². The molecular formula is C15H20O5. The number of esters is 1. The Morgan fingerprint density at radius 1 is 1.05 bits per heavy atom. The number of rotatable bonds is 5. The first kappa shape index (κ1) is 16.0. The molecule has 0 radical (unpaired) electrons. The summed E-state index contributed by atoms with van der Waals surface area (Å²) in [4.78, 5) is 22.6. The molecule has 1 aromatic rings. The highest BCUT2D eigenvalue weighted by atomic mass is 16.7. The molecule has 1 aromatic carbocycles. The van der Waals surface area contributed by atoms with Gasteiger partial charge in [-0.15, -0.1) is 0 Å². The number of ether oxygens (including phenoxy) is 3. The van der Waals surface area contributed by atoms with E-state index in [9.17, 15) is 9.59 Å². The van der Waals surface area contributed by atoms with Crippen molar-refractivity contribution in [1.82, 2.24) is 0 Å². The van der Waals surface area contributed by atoms with Gasteiger partial charge in [0.15, 0.2) is 0 Å². The van der Waals surface area contributed by atoms with Gasteiger partial charge in [-0.05, 0) is 31.5 Å². The van der Waals surface area contributed by atoms with Crippen molar-refractivity contribution in [3.8, 4) is 5.75 Å². The van der Waals surface area contributed by atoms with Crippen LogP contribution in [0.25, 0.3) is 0 Å². The SMILES string of the molecule is CC(C)OC(=O)Oc1ccc(COC(=O)C(C)C)cc1. The van der Waals surface area contributed by atoms with Gasteiger partial charge in [0.05, 0.1) is 12.0 Å². The third-order valence-electron chi connectivity index (χ3n) is 2.31. The van der Waals surface area contributed by atoms with Crippen LogP contribution in [0.2, 0.25) is 0 Å². The van der Waals surface area contributed by atoms with Crippen molar-refractivity contribution in [2.45, 2.75) is 40.4 Å². The molecule has 5 heteroatoms. The van der Waals surface area contributed by atoms with E-state index in [4.69, 9.17) is 14.2 Å². The Morgan fingerprint density at radius 2 is 1.65 bits per heavy atom. The van der Waals surface area contributed by atoms with E-state index < -0.39 is 6.16 Å². The second-order valence-corrected chi connectivity index (χ2v) is 4.93. The van der Waals surface area contributed by atoms with E-state index in [1.165, 1.54) is 0 Å². The van der Waals surface area contributed by atoms with Gasteiger partial charge >= 0.3 is 12.1 Å². The topological polar surface area (TPSA) is 61.8 Å². The van der Waals surface area contributed by atoms with Crippen LogP contribution in [0, 0.1) is 5.92 Å². The van der Waals surface area contributed by atoms with Crippen LogP contribution in [-0.4, -0.2) is 18.2 Å². The van der Waals surface area contributed by atoms with Crippen LogP contribution in [0.4, 0.5) is 4.79 Å². The second kappa shape index (κ2) is 7.53. The third-order valence-corrected chi connectivity index (χ3v) is 2.31. The first-order valence-corrected chi connectivity index (χ1v) is 6.52. The Balaban J connectivity index is 2.48. The van der Waals surface area contributed by atoms with Gasteiger partial charge in [-0.3, -0.25) is 4.79 Å². The Hall–Kier alpha value is -2.04.